The molecule has 1 fully saturated rings. The van der Waals surface area contributed by atoms with E-state index in [1.807, 2.05) is 13.8 Å². The lowest BCUT2D eigenvalue weighted by molar-refractivity contribution is -0.121. The molecule has 4 heteroatoms. The molecule has 0 bridgehead atoms. The number of ether oxygens (including phenoxy) is 1. The minimum absolute atomic E-state index is 0.0858. The van der Waals surface area contributed by atoms with Gasteiger partial charge in [0, 0.05) is 13.2 Å². The highest BCUT2D eigenvalue weighted by Crippen LogP contribution is 2.20. The molecule has 0 aromatic heterocycles. The molecule has 0 aromatic rings. The second-order valence-electron chi connectivity index (χ2n) is 5.42. The summed E-state index contributed by atoms with van der Waals surface area (Å²) in [5.74, 6) is 0.408. The Morgan fingerprint density at radius 2 is 2.00 bits per heavy atom. The van der Waals surface area contributed by atoms with E-state index < -0.39 is 0 Å². The summed E-state index contributed by atoms with van der Waals surface area (Å²) < 4.78 is 5.81. The molecule has 0 spiro atoms. The number of amides is 1. The lowest BCUT2D eigenvalue weighted by Crippen LogP contribution is -2.35. The molecule has 1 aliphatic rings. The van der Waals surface area contributed by atoms with Crippen molar-refractivity contribution in [1.29, 1.82) is 0 Å². The molecule has 1 N–H and O–H groups in total. The number of carbonyl (C=O) groups excluding carboxylic acids is 1. The maximum atomic E-state index is 11.7. The van der Waals surface area contributed by atoms with Crippen molar-refractivity contribution in [3.05, 3.63) is 0 Å². The summed E-state index contributed by atoms with van der Waals surface area (Å²) in [6.07, 6.45) is 7.76. The van der Waals surface area contributed by atoms with Gasteiger partial charge >= 0.3 is 0 Å². The predicted molar refractivity (Wildman–Crippen MR) is 78.0 cm³/mol. The molecule has 0 radical (unpaired) electrons. The summed E-state index contributed by atoms with van der Waals surface area (Å²) in [7, 11) is 0. The van der Waals surface area contributed by atoms with Crippen LogP contribution in [0, 0.1) is 5.92 Å². The third-order valence-corrected chi connectivity index (χ3v) is 4.84. The van der Waals surface area contributed by atoms with Crippen LogP contribution in [-0.4, -0.2) is 30.0 Å². The zero-order chi connectivity index (χ0) is 13.4. The molecule has 0 aliphatic heterocycles. The van der Waals surface area contributed by atoms with Crippen molar-refractivity contribution < 1.29 is 9.53 Å². The zero-order valence-corrected chi connectivity index (χ0v) is 13.2. The van der Waals surface area contributed by atoms with Gasteiger partial charge in [0.05, 0.1) is 10.9 Å². The highest BCUT2D eigenvalue weighted by Gasteiger charge is 2.17. The van der Waals surface area contributed by atoms with Crippen molar-refractivity contribution >= 4 is 21.8 Å². The molecule has 1 rings (SSSR count). The number of carbonyl (C=O) groups is 1. The fourth-order valence-corrected chi connectivity index (χ4v) is 2.33. The number of nitrogens with one attached hydrogen (secondary N) is 1. The number of halogens is 1. The van der Waals surface area contributed by atoms with Gasteiger partial charge in [-0.2, -0.15) is 0 Å². The van der Waals surface area contributed by atoms with E-state index >= 15 is 0 Å². The number of hydrogen-bond acceptors (Lipinski definition) is 2. The average molecular weight is 320 g/mol. The second kappa shape index (κ2) is 8.92. The van der Waals surface area contributed by atoms with Gasteiger partial charge < -0.3 is 10.1 Å². The summed E-state index contributed by atoms with van der Waals surface area (Å²) in [4.78, 5) is 11.6. The molecule has 0 heterocycles. The van der Waals surface area contributed by atoms with E-state index in [9.17, 15) is 4.79 Å². The van der Waals surface area contributed by atoms with E-state index in [0.29, 0.717) is 18.6 Å². The highest BCUT2D eigenvalue weighted by molar-refractivity contribution is 9.10. The Hall–Kier alpha value is -0.0900. The van der Waals surface area contributed by atoms with Gasteiger partial charge in [-0.05, 0) is 25.2 Å². The van der Waals surface area contributed by atoms with Crippen molar-refractivity contribution in [3.8, 4) is 0 Å². The van der Waals surface area contributed by atoms with Crippen LogP contribution >= 0.6 is 15.9 Å². The van der Waals surface area contributed by atoms with Gasteiger partial charge in [-0.15, -0.1) is 0 Å². The Bertz CT molecular complexity index is 240. The normalized spacial score (nSPS) is 18.9. The molecule has 1 atom stereocenters. The van der Waals surface area contributed by atoms with Crippen molar-refractivity contribution in [2.24, 2.45) is 5.92 Å². The minimum Gasteiger partial charge on any atom is -0.378 e. The molecule has 0 aromatic carbocycles. The highest BCUT2D eigenvalue weighted by atomic mass is 79.9. The molecule has 106 valence electrons. The van der Waals surface area contributed by atoms with Crippen molar-refractivity contribution in [2.45, 2.75) is 63.3 Å². The van der Waals surface area contributed by atoms with E-state index in [4.69, 9.17) is 4.74 Å². The second-order valence-corrected chi connectivity index (χ2v) is 6.41. The fraction of sp³-hybridized carbons (Fsp3) is 0.929. The van der Waals surface area contributed by atoms with Gasteiger partial charge in [0.2, 0.25) is 5.91 Å². The Balaban J connectivity index is 1.99. The number of alkyl halides is 1. The number of hydrogen-bond donors (Lipinski definition) is 1. The molecular weight excluding hydrogens is 294 g/mol. The summed E-state index contributed by atoms with van der Waals surface area (Å²) in [6, 6.07) is 0. The third-order valence-electron chi connectivity index (χ3n) is 3.36. The van der Waals surface area contributed by atoms with Crippen molar-refractivity contribution in [3.63, 3.8) is 0 Å². The summed E-state index contributed by atoms with van der Waals surface area (Å²) in [6.45, 7) is 5.54. The zero-order valence-electron chi connectivity index (χ0n) is 11.6. The van der Waals surface area contributed by atoms with Gasteiger partial charge in [0.1, 0.15) is 0 Å². The first-order chi connectivity index (χ1) is 8.61. The smallest absolute Gasteiger partial charge is 0.234 e. The molecule has 0 saturated heterocycles. The van der Waals surface area contributed by atoms with E-state index in [-0.39, 0.29) is 10.7 Å². The van der Waals surface area contributed by atoms with Gasteiger partial charge in [0.15, 0.2) is 0 Å². The Kier molecular flexibility index (Phi) is 7.91. The maximum Gasteiger partial charge on any atom is 0.234 e. The van der Waals surface area contributed by atoms with Crippen LogP contribution in [0.1, 0.15) is 52.4 Å². The summed E-state index contributed by atoms with van der Waals surface area (Å²) in [5, 5.41) is 2.94. The SMILES string of the molecule is CC(C)C(Br)C(=O)NCCCOC1CCCCC1. The maximum absolute atomic E-state index is 11.7. The van der Waals surface area contributed by atoms with Crippen LogP contribution in [0.5, 0.6) is 0 Å². The minimum atomic E-state index is -0.0863. The van der Waals surface area contributed by atoms with Crippen LogP contribution in [0.3, 0.4) is 0 Å². The lowest BCUT2D eigenvalue weighted by atomic mass is 9.98. The molecular formula is C14H26BrNO2. The van der Waals surface area contributed by atoms with Gasteiger partial charge in [0.25, 0.3) is 0 Å². The van der Waals surface area contributed by atoms with E-state index in [1.54, 1.807) is 0 Å². The van der Waals surface area contributed by atoms with Crippen LogP contribution in [0.15, 0.2) is 0 Å². The first kappa shape index (κ1) is 16.0. The Labute approximate surface area is 119 Å². The predicted octanol–water partition coefficient (Wildman–Crippen LogP) is 3.26. The monoisotopic (exact) mass is 319 g/mol. The molecule has 1 saturated carbocycles. The average Bonchev–Trinajstić information content (AvgIpc) is 2.38. The van der Waals surface area contributed by atoms with E-state index in [1.165, 1.54) is 32.1 Å². The van der Waals surface area contributed by atoms with Crippen LogP contribution < -0.4 is 5.32 Å². The Morgan fingerprint density at radius 1 is 1.33 bits per heavy atom. The van der Waals surface area contributed by atoms with Crippen LogP contribution in [0.2, 0.25) is 0 Å². The van der Waals surface area contributed by atoms with Crippen LogP contribution in [0.4, 0.5) is 0 Å². The van der Waals surface area contributed by atoms with Crippen LogP contribution in [-0.2, 0) is 9.53 Å². The van der Waals surface area contributed by atoms with Gasteiger partial charge in [-0.25, -0.2) is 0 Å². The van der Waals surface area contributed by atoms with E-state index in [0.717, 1.165) is 13.0 Å². The van der Waals surface area contributed by atoms with Crippen molar-refractivity contribution in [1.82, 2.24) is 5.32 Å². The topological polar surface area (TPSA) is 38.3 Å². The molecule has 1 amide bonds. The standard InChI is InChI=1S/C14H26BrNO2/c1-11(2)13(15)14(17)16-9-6-10-18-12-7-4-3-5-8-12/h11-13H,3-10H2,1-2H3,(H,16,17). The van der Waals surface area contributed by atoms with Gasteiger partial charge in [-0.1, -0.05) is 49.0 Å². The molecule has 1 unspecified atom stereocenters. The quantitative estimate of drug-likeness (QED) is 0.577. The Morgan fingerprint density at radius 3 is 2.61 bits per heavy atom. The molecule has 18 heavy (non-hydrogen) atoms. The lowest BCUT2D eigenvalue weighted by Gasteiger charge is -2.22. The van der Waals surface area contributed by atoms with Gasteiger partial charge in [-0.3, -0.25) is 4.79 Å². The molecule has 1 aliphatic carbocycles. The molecule has 3 nitrogen and oxygen atoms in total. The summed E-state index contributed by atoms with van der Waals surface area (Å²) in [5.41, 5.74) is 0. The first-order valence-corrected chi connectivity index (χ1v) is 8.06. The summed E-state index contributed by atoms with van der Waals surface area (Å²) >= 11 is 3.40. The van der Waals surface area contributed by atoms with Crippen molar-refractivity contribution in [2.75, 3.05) is 13.2 Å². The number of rotatable bonds is 7. The third kappa shape index (κ3) is 6.19. The van der Waals surface area contributed by atoms with E-state index in [2.05, 4.69) is 21.2 Å². The first-order valence-electron chi connectivity index (χ1n) is 7.14. The largest absolute Gasteiger partial charge is 0.378 e. The van der Waals surface area contributed by atoms with Crippen LogP contribution in [0.25, 0.3) is 0 Å². The fourth-order valence-electron chi connectivity index (χ4n) is 2.17.